The van der Waals surface area contributed by atoms with Gasteiger partial charge in [-0.1, -0.05) is 0 Å². The van der Waals surface area contributed by atoms with Crippen molar-refractivity contribution in [1.29, 1.82) is 0 Å². The highest BCUT2D eigenvalue weighted by Crippen LogP contribution is 2.29. The molecule has 1 atom stereocenters. The van der Waals surface area contributed by atoms with E-state index in [-0.39, 0.29) is 6.04 Å². The van der Waals surface area contributed by atoms with Crippen molar-refractivity contribution in [2.75, 3.05) is 0 Å². The Morgan fingerprint density at radius 2 is 2.43 bits per heavy atom. The van der Waals surface area contributed by atoms with Gasteiger partial charge in [-0.2, -0.15) is 5.10 Å². The van der Waals surface area contributed by atoms with Gasteiger partial charge in [-0.05, 0) is 19.8 Å². The van der Waals surface area contributed by atoms with Crippen LogP contribution in [-0.4, -0.2) is 20.6 Å². The lowest BCUT2D eigenvalue weighted by Gasteiger charge is -2.03. The third kappa shape index (κ3) is 1.92. The first-order valence-corrected chi connectivity index (χ1v) is 4.85. The number of aromatic nitrogens is 3. The fourth-order valence-corrected chi connectivity index (χ4v) is 1.31. The van der Waals surface area contributed by atoms with E-state index in [4.69, 9.17) is 5.73 Å². The Morgan fingerprint density at radius 1 is 1.71 bits per heavy atom. The van der Waals surface area contributed by atoms with Gasteiger partial charge in [0.15, 0.2) is 5.82 Å². The van der Waals surface area contributed by atoms with Gasteiger partial charge in [0.05, 0.1) is 5.84 Å². The van der Waals surface area contributed by atoms with Gasteiger partial charge < -0.3 is 5.73 Å². The topological polar surface area (TPSA) is 69.1 Å². The zero-order chi connectivity index (χ0) is 10.1. The second kappa shape index (κ2) is 3.40. The van der Waals surface area contributed by atoms with E-state index >= 15 is 0 Å². The number of hydrogen-bond donors (Lipinski definition) is 1. The highest BCUT2D eigenvalue weighted by molar-refractivity contribution is 5.85. The van der Waals surface area contributed by atoms with Gasteiger partial charge in [-0.3, -0.25) is 9.67 Å². The largest absolute Gasteiger partial charge is 0.387 e. The summed E-state index contributed by atoms with van der Waals surface area (Å²) >= 11 is 0. The number of nitrogens with two attached hydrogens (primary N) is 1. The zero-order valence-electron chi connectivity index (χ0n) is 8.51. The summed E-state index contributed by atoms with van der Waals surface area (Å²) in [4.78, 5) is 8.52. The Hall–Kier alpha value is -1.39. The Morgan fingerprint density at radius 3 is 2.93 bits per heavy atom. The van der Waals surface area contributed by atoms with E-state index in [1.54, 1.807) is 11.0 Å². The second-order valence-electron chi connectivity index (χ2n) is 3.78. The summed E-state index contributed by atoms with van der Waals surface area (Å²) in [5.41, 5.74) is 5.81. The molecular formula is C9H15N5. The minimum Gasteiger partial charge on any atom is -0.387 e. The molecule has 1 heterocycles. The van der Waals surface area contributed by atoms with E-state index in [2.05, 4.69) is 15.1 Å². The summed E-state index contributed by atoms with van der Waals surface area (Å²) in [5.74, 6) is 2.00. The van der Waals surface area contributed by atoms with E-state index in [0.29, 0.717) is 5.92 Å². The van der Waals surface area contributed by atoms with Gasteiger partial charge in [-0.25, -0.2) is 4.98 Å². The fraction of sp³-hybridized carbons (Fsp3) is 0.667. The van der Waals surface area contributed by atoms with Crippen molar-refractivity contribution in [3.8, 4) is 0 Å². The molecule has 0 saturated heterocycles. The molecule has 1 aromatic heterocycles. The number of nitrogens with zero attached hydrogens (tertiary/aromatic N) is 4. The predicted octanol–water partition coefficient (Wildman–Crippen LogP) is 0.643. The summed E-state index contributed by atoms with van der Waals surface area (Å²) in [5, 5.41) is 4.19. The van der Waals surface area contributed by atoms with Gasteiger partial charge in [0.2, 0.25) is 0 Å². The van der Waals surface area contributed by atoms with Gasteiger partial charge in [-0.15, -0.1) is 0 Å². The lowest BCUT2D eigenvalue weighted by Crippen LogP contribution is -2.15. The molecular weight excluding hydrogens is 178 g/mol. The zero-order valence-corrected chi connectivity index (χ0v) is 8.51. The minimum absolute atomic E-state index is 0.0307. The number of rotatable bonds is 3. The lowest BCUT2D eigenvalue weighted by atomic mass is 10.3. The van der Waals surface area contributed by atoms with Crippen LogP contribution < -0.4 is 5.73 Å². The smallest absolute Gasteiger partial charge is 0.174 e. The fourth-order valence-electron chi connectivity index (χ4n) is 1.31. The van der Waals surface area contributed by atoms with Crippen LogP contribution in [0.5, 0.6) is 0 Å². The van der Waals surface area contributed by atoms with Gasteiger partial charge >= 0.3 is 0 Å². The third-order valence-corrected chi connectivity index (χ3v) is 2.33. The SMILES string of the molecule is CC(N=C(N)C1CC1)c1ncn(C)n1. The van der Waals surface area contributed by atoms with Crippen molar-refractivity contribution >= 4 is 5.84 Å². The molecule has 5 heteroatoms. The van der Waals surface area contributed by atoms with Crippen LogP contribution in [0.2, 0.25) is 0 Å². The number of aryl methyl sites for hydroxylation is 1. The molecule has 14 heavy (non-hydrogen) atoms. The standard InChI is InChI=1S/C9H15N5/c1-6(9-11-5-14(2)13-9)12-8(10)7-3-4-7/h5-7H,3-4H2,1-2H3,(H2,10,12). The summed E-state index contributed by atoms with van der Waals surface area (Å²) in [6.45, 7) is 1.96. The van der Waals surface area contributed by atoms with Crippen molar-refractivity contribution in [3.05, 3.63) is 12.2 Å². The Kier molecular flexibility index (Phi) is 2.23. The third-order valence-electron chi connectivity index (χ3n) is 2.33. The maximum absolute atomic E-state index is 5.81. The molecule has 0 aliphatic heterocycles. The molecule has 2 N–H and O–H groups in total. The molecule has 0 aromatic carbocycles. The summed E-state index contributed by atoms with van der Waals surface area (Å²) in [6.07, 6.45) is 4.03. The predicted molar refractivity (Wildman–Crippen MR) is 53.8 cm³/mol. The molecule has 1 aliphatic rings. The molecule has 76 valence electrons. The number of aliphatic imine (C=N–C) groups is 1. The summed E-state index contributed by atoms with van der Waals surface area (Å²) < 4.78 is 1.68. The van der Waals surface area contributed by atoms with Crippen LogP contribution in [0.25, 0.3) is 0 Å². The lowest BCUT2D eigenvalue weighted by molar-refractivity contribution is 0.692. The van der Waals surface area contributed by atoms with Crippen molar-refractivity contribution in [2.45, 2.75) is 25.8 Å². The Labute approximate surface area is 83.0 Å². The van der Waals surface area contributed by atoms with Crippen LogP contribution in [0.3, 0.4) is 0 Å². The maximum Gasteiger partial charge on any atom is 0.174 e. The van der Waals surface area contributed by atoms with E-state index in [1.807, 2.05) is 14.0 Å². The average molecular weight is 193 g/mol. The van der Waals surface area contributed by atoms with Gasteiger partial charge in [0.25, 0.3) is 0 Å². The monoisotopic (exact) mass is 193 g/mol. The van der Waals surface area contributed by atoms with E-state index in [0.717, 1.165) is 11.7 Å². The molecule has 0 radical (unpaired) electrons. The summed E-state index contributed by atoms with van der Waals surface area (Å²) in [7, 11) is 1.84. The molecule has 1 aliphatic carbocycles. The van der Waals surface area contributed by atoms with Crippen molar-refractivity contribution in [2.24, 2.45) is 23.7 Å². The number of hydrogen-bond acceptors (Lipinski definition) is 3. The van der Waals surface area contributed by atoms with Crippen LogP contribution in [0.1, 0.15) is 31.6 Å². The molecule has 5 nitrogen and oxygen atoms in total. The Bertz CT molecular complexity index is 350. The molecule has 1 unspecified atom stereocenters. The van der Waals surface area contributed by atoms with Crippen molar-refractivity contribution in [1.82, 2.24) is 14.8 Å². The number of amidine groups is 1. The van der Waals surface area contributed by atoms with E-state index in [9.17, 15) is 0 Å². The van der Waals surface area contributed by atoms with Gasteiger partial charge in [0.1, 0.15) is 12.4 Å². The summed E-state index contributed by atoms with van der Waals surface area (Å²) in [6, 6.07) is -0.0307. The van der Waals surface area contributed by atoms with Crippen LogP contribution >= 0.6 is 0 Å². The maximum atomic E-state index is 5.81. The molecule has 1 aromatic rings. The normalized spacial score (nSPS) is 19.7. The highest BCUT2D eigenvalue weighted by atomic mass is 15.3. The molecule has 1 fully saturated rings. The second-order valence-corrected chi connectivity index (χ2v) is 3.78. The van der Waals surface area contributed by atoms with Crippen molar-refractivity contribution in [3.63, 3.8) is 0 Å². The first-order chi connectivity index (χ1) is 6.66. The van der Waals surface area contributed by atoms with Crippen molar-refractivity contribution < 1.29 is 0 Å². The van der Waals surface area contributed by atoms with Crippen LogP contribution in [-0.2, 0) is 7.05 Å². The van der Waals surface area contributed by atoms with Crippen LogP contribution in [0.4, 0.5) is 0 Å². The Balaban J connectivity index is 2.07. The molecule has 0 bridgehead atoms. The molecule has 2 rings (SSSR count). The molecule has 1 saturated carbocycles. The van der Waals surface area contributed by atoms with Gasteiger partial charge in [0, 0.05) is 13.0 Å². The molecule has 0 amide bonds. The quantitative estimate of drug-likeness (QED) is 0.566. The first kappa shape index (κ1) is 9.18. The van der Waals surface area contributed by atoms with E-state index < -0.39 is 0 Å². The van der Waals surface area contributed by atoms with Crippen LogP contribution in [0.15, 0.2) is 11.3 Å². The average Bonchev–Trinajstić information content (AvgIpc) is 2.89. The first-order valence-electron chi connectivity index (χ1n) is 4.85. The van der Waals surface area contributed by atoms with E-state index in [1.165, 1.54) is 12.8 Å². The van der Waals surface area contributed by atoms with Crippen LogP contribution in [0, 0.1) is 5.92 Å². The molecule has 0 spiro atoms. The minimum atomic E-state index is -0.0307. The highest BCUT2D eigenvalue weighted by Gasteiger charge is 2.26.